The maximum Gasteiger partial charge on any atom is 0.142 e. The summed E-state index contributed by atoms with van der Waals surface area (Å²) < 4.78 is 5.71. The number of hydrogen-bond donors (Lipinski definition) is 1. The van der Waals surface area contributed by atoms with Crippen molar-refractivity contribution < 1.29 is 9.84 Å². The highest BCUT2D eigenvalue weighted by Gasteiger charge is 2.35. The summed E-state index contributed by atoms with van der Waals surface area (Å²) in [4.78, 5) is 2.43. The molecule has 0 amide bonds. The van der Waals surface area contributed by atoms with Gasteiger partial charge in [-0.2, -0.15) is 0 Å². The number of hydrogen-bond acceptors (Lipinski definition) is 3. The van der Waals surface area contributed by atoms with Crippen LogP contribution in [0.2, 0.25) is 5.02 Å². The summed E-state index contributed by atoms with van der Waals surface area (Å²) in [5.74, 6) is 0.772. The van der Waals surface area contributed by atoms with Gasteiger partial charge in [0.15, 0.2) is 0 Å². The summed E-state index contributed by atoms with van der Waals surface area (Å²) in [6.45, 7) is 4.56. The minimum atomic E-state index is -0.473. The molecule has 1 N–H and O–H groups in total. The minimum absolute atomic E-state index is 0.0239. The Morgan fingerprint density at radius 3 is 2.62 bits per heavy atom. The van der Waals surface area contributed by atoms with Gasteiger partial charge in [0, 0.05) is 5.56 Å². The number of fused-ring (bicyclic) bond motifs is 1. The third-order valence-electron chi connectivity index (χ3n) is 4.66. The van der Waals surface area contributed by atoms with E-state index in [0.29, 0.717) is 11.6 Å². The van der Waals surface area contributed by atoms with Crippen LogP contribution in [0.1, 0.15) is 49.8 Å². The van der Waals surface area contributed by atoms with Crippen molar-refractivity contribution in [3.63, 3.8) is 0 Å². The van der Waals surface area contributed by atoms with Crippen molar-refractivity contribution in [2.45, 2.75) is 51.2 Å². The molecule has 2 unspecified atom stereocenters. The molecule has 4 heteroatoms. The van der Waals surface area contributed by atoms with Crippen LogP contribution in [-0.4, -0.2) is 35.8 Å². The Morgan fingerprint density at radius 2 is 1.95 bits per heavy atom. The lowest BCUT2D eigenvalue weighted by Crippen LogP contribution is -2.42. The summed E-state index contributed by atoms with van der Waals surface area (Å²) in [6, 6.07) is 4.17. The van der Waals surface area contributed by atoms with Crippen LogP contribution in [0.5, 0.6) is 5.75 Å². The van der Waals surface area contributed by atoms with Crippen LogP contribution in [0.3, 0.4) is 0 Å². The van der Waals surface area contributed by atoms with Gasteiger partial charge in [0.1, 0.15) is 18.5 Å². The van der Waals surface area contributed by atoms with Crippen LogP contribution in [0, 0.1) is 0 Å². The highest BCUT2D eigenvalue weighted by atomic mass is 35.5. The maximum absolute atomic E-state index is 10.5. The third-order valence-corrected chi connectivity index (χ3v) is 4.94. The zero-order valence-corrected chi connectivity index (χ0v) is 13.4. The molecule has 0 aromatic heterocycles. The first kappa shape index (κ1) is 15.1. The lowest BCUT2D eigenvalue weighted by molar-refractivity contribution is 0.00110. The van der Waals surface area contributed by atoms with E-state index < -0.39 is 6.10 Å². The van der Waals surface area contributed by atoms with Crippen molar-refractivity contribution >= 4 is 11.6 Å². The molecule has 0 spiro atoms. The number of aryl methyl sites for hydroxylation is 1. The van der Waals surface area contributed by atoms with Gasteiger partial charge in [-0.3, -0.25) is 4.90 Å². The first-order chi connectivity index (χ1) is 10.2. The molecule has 0 bridgehead atoms. The van der Waals surface area contributed by atoms with E-state index in [0.717, 1.165) is 30.8 Å². The fourth-order valence-corrected chi connectivity index (χ4v) is 3.83. The average molecular weight is 310 g/mol. The zero-order chi connectivity index (χ0) is 14.8. The van der Waals surface area contributed by atoms with Crippen molar-refractivity contribution in [1.82, 2.24) is 4.90 Å². The van der Waals surface area contributed by atoms with Gasteiger partial charge < -0.3 is 9.84 Å². The van der Waals surface area contributed by atoms with Crippen LogP contribution in [0.25, 0.3) is 0 Å². The predicted octanol–water partition coefficient (Wildman–Crippen LogP) is 3.57. The smallest absolute Gasteiger partial charge is 0.142 e. The van der Waals surface area contributed by atoms with Crippen molar-refractivity contribution in [3.8, 4) is 5.75 Å². The van der Waals surface area contributed by atoms with Gasteiger partial charge in [0.2, 0.25) is 0 Å². The molecule has 2 atom stereocenters. The molecule has 2 aliphatic rings. The van der Waals surface area contributed by atoms with E-state index in [1.165, 1.54) is 31.2 Å². The summed E-state index contributed by atoms with van der Waals surface area (Å²) in [5.41, 5.74) is 2.27. The molecule has 116 valence electrons. The Labute approximate surface area is 131 Å². The normalized spacial score (nSPS) is 26.8. The van der Waals surface area contributed by atoms with Gasteiger partial charge in [-0.05, 0) is 44.0 Å². The molecule has 1 saturated heterocycles. The Hall–Kier alpha value is -0.770. The molecular weight excluding hydrogens is 286 g/mol. The summed E-state index contributed by atoms with van der Waals surface area (Å²) in [6.07, 6.45) is 5.47. The first-order valence-electron chi connectivity index (χ1n) is 8.08. The SMILES string of the molecule is CCc1cc(Cl)c2c(c1)C(N1CCCCCC1)C(O)CO2. The fraction of sp³-hybridized carbons (Fsp3) is 0.647. The fourth-order valence-electron chi connectivity index (χ4n) is 3.53. The van der Waals surface area contributed by atoms with E-state index in [1.54, 1.807) is 0 Å². The van der Waals surface area contributed by atoms with Crippen LogP contribution >= 0.6 is 11.6 Å². The van der Waals surface area contributed by atoms with E-state index in [2.05, 4.69) is 17.9 Å². The monoisotopic (exact) mass is 309 g/mol. The van der Waals surface area contributed by atoms with Gasteiger partial charge in [-0.15, -0.1) is 0 Å². The molecule has 21 heavy (non-hydrogen) atoms. The van der Waals surface area contributed by atoms with Crippen LogP contribution < -0.4 is 4.74 Å². The van der Waals surface area contributed by atoms with Gasteiger partial charge in [-0.1, -0.05) is 37.4 Å². The van der Waals surface area contributed by atoms with Gasteiger partial charge in [-0.25, -0.2) is 0 Å². The number of nitrogens with zero attached hydrogens (tertiary/aromatic N) is 1. The molecule has 2 aliphatic heterocycles. The molecule has 2 heterocycles. The summed E-state index contributed by atoms with van der Waals surface area (Å²) >= 11 is 6.39. The second-order valence-electron chi connectivity index (χ2n) is 6.12. The van der Waals surface area contributed by atoms with Gasteiger partial charge >= 0.3 is 0 Å². The molecule has 3 rings (SSSR count). The molecule has 1 aromatic rings. The lowest BCUT2D eigenvalue weighted by Gasteiger charge is -2.38. The van der Waals surface area contributed by atoms with Crippen molar-refractivity contribution in [2.24, 2.45) is 0 Å². The quantitative estimate of drug-likeness (QED) is 0.906. The number of aliphatic hydroxyl groups is 1. The van der Waals surface area contributed by atoms with E-state index in [-0.39, 0.29) is 6.04 Å². The van der Waals surface area contributed by atoms with Crippen molar-refractivity contribution in [3.05, 3.63) is 28.3 Å². The highest BCUT2D eigenvalue weighted by Crippen LogP contribution is 2.42. The first-order valence-corrected chi connectivity index (χ1v) is 8.45. The van der Waals surface area contributed by atoms with Gasteiger partial charge in [0.25, 0.3) is 0 Å². The molecular formula is C17H24ClNO2. The second kappa shape index (κ2) is 6.55. The van der Waals surface area contributed by atoms with Crippen LogP contribution in [-0.2, 0) is 6.42 Å². The Balaban J connectivity index is 1.98. The predicted molar refractivity (Wildman–Crippen MR) is 85.1 cm³/mol. The van der Waals surface area contributed by atoms with Crippen LogP contribution in [0.15, 0.2) is 12.1 Å². The molecule has 1 fully saturated rings. The number of likely N-dealkylation sites (tertiary alicyclic amines) is 1. The molecule has 0 aliphatic carbocycles. The largest absolute Gasteiger partial charge is 0.489 e. The number of halogens is 1. The maximum atomic E-state index is 10.5. The highest BCUT2D eigenvalue weighted by molar-refractivity contribution is 6.32. The number of benzene rings is 1. The Morgan fingerprint density at radius 1 is 1.24 bits per heavy atom. The molecule has 1 aromatic carbocycles. The minimum Gasteiger partial charge on any atom is -0.489 e. The van der Waals surface area contributed by atoms with E-state index in [1.807, 2.05) is 6.07 Å². The molecule has 0 radical (unpaired) electrons. The average Bonchev–Trinajstić information content (AvgIpc) is 2.75. The van der Waals surface area contributed by atoms with Crippen molar-refractivity contribution in [2.75, 3.05) is 19.7 Å². The Kier molecular flexibility index (Phi) is 4.72. The summed E-state index contributed by atoms with van der Waals surface area (Å²) in [5, 5.41) is 11.2. The standard InChI is InChI=1S/C17H24ClNO2/c1-2-12-9-13-16(19-7-5-3-4-6-8-19)15(20)11-21-17(13)14(18)10-12/h9-10,15-16,20H,2-8,11H2,1H3. The zero-order valence-electron chi connectivity index (χ0n) is 12.6. The number of rotatable bonds is 2. The topological polar surface area (TPSA) is 32.7 Å². The third kappa shape index (κ3) is 3.05. The molecule has 0 saturated carbocycles. The molecule has 3 nitrogen and oxygen atoms in total. The summed E-state index contributed by atoms with van der Waals surface area (Å²) in [7, 11) is 0. The van der Waals surface area contributed by atoms with E-state index >= 15 is 0 Å². The van der Waals surface area contributed by atoms with Crippen LogP contribution in [0.4, 0.5) is 0 Å². The second-order valence-corrected chi connectivity index (χ2v) is 6.53. The Bertz CT molecular complexity index is 498. The number of ether oxygens (including phenoxy) is 1. The van der Waals surface area contributed by atoms with E-state index in [9.17, 15) is 5.11 Å². The van der Waals surface area contributed by atoms with Crippen molar-refractivity contribution in [1.29, 1.82) is 0 Å². The lowest BCUT2D eigenvalue weighted by atomic mass is 9.94. The van der Waals surface area contributed by atoms with E-state index in [4.69, 9.17) is 16.3 Å². The van der Waals surface area contributed by atoms with Gasteiger partial charge in [0.05, 0.1) is 11.1 Å². The number of aliphatic hydroxyl groups excluding tert-OH is 1.